The molecule has 23 heavy (non-hydrogen) atoms. The Balaban J connectivity index is 0.00000264. The number of benzene rings is 1. The van der Waals surface area contributed by atoms with Crippen molar-refractivity contribution in [3.05, 3.63) is 34.9 Å². The van der Waals surface area contributed by atoms with Gasteiger partial charge in [0.2, 0.25) is 0 Å². The van der Waals surface area contributed by atoms with Gasteiger partial charge in [-0.05, 0) is 49.3 Å². The van der Waals surface area contributed by atoms with Gasteiger partial charge >= 0.3 is 0 Å². The van der Waals surface area contributed by atoms with E-state index in [1.807, 2.05) is 12.1 Å². The quantitative estimate of drug-likeness (QED) is 0.261. The van der Waals surface area contributed by atoms with Gasteiger partial charge in [0, 0.05) is 38.4 Å². The summed E-state index contributed by atoms with van der Waals surface area (Å²) >= 11 is 5.88. The summed E-state index contributed by atoms with van der Waals surface area (Å²) in [5.41, 5.74) is 1.26. The van der Waals surface area contributed by atoms with Crippen LogP contribution in [0.3, 0.4) is 0 Å². The summed E-state index contributed by atoms with van der Waals surface area (Å²) in [5.74, 6) is 1.69. The first-order valence-electron chi connectivity index (χ1n) is 8.04. The largest absolute Gasteiger partial charge is 0.381 e. The van der Waals surface area contributed by atoms with Gasteiger partial charge < -0.3 is 15.4 Å². The number of hydrogen-bond donors (Lipinski definition) is 2. The van der Waals surface area contributed by atoms with Gasteiger partial charge in [0.05, 0.1) is 0 Å². The smallest absolute Gasteiger partial charge is 0.190 e. The third-order valence-corrected chi connectivity index (χ3v) is 3.90. The number of ether oxygens (including phenoxy) is 1. The van der Waals surface area contributed by atoms with Crippen molar-refractivity contribution in [3.63, 3.8) is 0 Å². The predicted octanol–water partition coefficient (Wildman–Crippen LogP) is 3.48. The lowest BCUT2D eigenvalue weighted by Crippen LogP contribution is -2.39. The normalized spacial score (nSPS) is 14.3. The van der Waals surface area contributed by atoms with Crippen LogP contribution in [0.4, 0.5) is 0 Å². The molecule has 1 aliphatic carbocycles. The highest BCUT2D eigenvalue weighted by Crippen LogP contribution is 2.28. The van der Waals surface area contributed by atoms with Crippen LogP contribution >= 0.6 is 35.6 Å². The zero-order chi connectivity index (χ0) is 15.6. The van der Waals surface area contributed by atoms with Gasteiger partial charge in [0.25, 0.3) is 0 Å². The summed E-state index contributed by atoms with van der Waals surface area (Å²) in [6.45, 7) is 3.49. The van der Waals surface area contributed by atoms with E-state index in [4.69, 9.17) is 16.3 Å². The average Bonchev–Trinajstić information content (AvgIpc) is 3.35. The fourth-order valence-corrected chi connectivity index (χ4v) is 2.24. The number of nitrogens with zero attached hydrogens (tertiary/aromatic N) is 1. The summed E-state index contributed by atoms with van der Waals surface area (Å²) in [6, 6.07) is 7.95. The molecule has 1 aromatic carbocycles. The van der Waals surface area contributed by atoms with Crippen LogP contribution in [0.5, 0.6) is 0 Å². The van der Waals surface area contributed by atoms with Gasteiger partial charge in [-0.25, -0.2) is 0 Å². The Morgan fingerprint density at radius 2 is 1.91 bits per heavy atom. The molecule has 1 fully saturated rings. The van der Waals surface area contributed by atoms with Crippen molar-refractivity contribution in [1.82, 2.24) is 10.6 Å². The lowest BCUT2D eigenvalue weighted by Gasteiger charge is -2.12. The summed E-state index contributed by atoms with van der Waals surface area (Å²) < 4.78 is 5.61. The molecule has 4 nitrogen and oxygen atoms in total. The zero-order valence-electron chi connectivity index (χ0n) is 13.7. The van der Waals surface area contributed by atoms with Crippen LogP contribution in [0.25, 0.3) is 0 Å². The lowest BCUT2D eigenvalue weighted by atomic mass is 10.1. The molecule has 0 heterocycles. The van der Waals surface area contributed by atoms with Crippen molar-refractivity contribution in [3.8, 4) is 0 Å². The van der Waals surface area contributed by atoms with E-state index in [2.05, 4.69) is 27.8 Å². The molecule has 130 valence electrons. The van der Waals surface area contributed by atoms with E-state index in [0.717, 1.165) is 56.0 Å². The molecule has 2 N–H and O–H groups in total. The average molecular weight is 452 g/mol. The molecular weight excluding hydrogens is 425 g/mol. The van der Waals surface area contributed by atoms with Gasteiger partial charge in [-0.15, -0.1) is 24.0 Å². The van der Waals surface area contributed by atoms with Crippen LogP contribution in [0.2, 0.25) is 5.02 Å². The molecule has 0 spiro atoms. The lowest BCUT2D eigenvalue weighted by molar-refractivity contribution is 0.123. The Kier molecular flexibility index (Phi) is 10.6. The molecule has 1 aliphatic rings. The van der Waals surface area contributed by atoms with Crippen molar-refractivity contribution in [1.29, 1.82) is 0 Å². The predicted molar refractivity (Wildman–Crippen MR) is 108 cm³/mol. The van der Waals surface area contributed by atoms with E-state index in [1.165, 1.54) is 18.4 Å². The van der Waals surface area contributed by atoms with E-state index < -0.39 is 0 Å². The second-order valence-electron chi connectivity index (χ2n) is 5.67. The highest BCUT2D eigenvalue weighted by Gasteiger charge is 2.20. The molecule has 0 unspecified atom stereocenters. The number of guanidine groups is 1. The number of halogens is 2. The van der Waals surface area contributed by atoms with E-state index in [1.54, 1.807) is 7.05 Å². The molecule has 6 heteroatoms. The Hall–Kier alpha value is -0.530. The highest BCUT2D eigenvalue weighted by molar-refractivity contribution is 14.0. The molecule has 0 saturated heterocycles. The van der Waals surface area contributed by atoms with Crippen molar-refractivity contribution in [2.24, 2.45) is 10.9 Å². The minimum absolute atomic E-state index is 0. The molecule has 0 radical (unpaired) electrons. The summed E-state index contributed by atoms with van der Waals surface area (Å²) in [6.07, 6.45) is 4.65. The standard InChI is InChI=1S/C17H26ClN3O.HI/c1-19-17(20-10-2-12-22-13-15-3-4-15)21-11-9-14-5-7-16(18)8-6-14;/h5-8,15H,2-4,9-13H2,1H3,(H2,19,20,21);1H. The van der Waals surface area contributed by atoms with Crippen molar-refractivity contribution in [2.75, 3.05) is 33.4 Å². The van der Waals surface area contributed by atoms with Crippen molar-refractivity contribution < 1.29 is 4.74 Å². The second kappa shape index (κ2) is 11.9. The second-order valence-corrected chi connectivity index (χ2v) is 6.11. The molecule has 1 aromatic rings. The molecule has 0 amide bonds. The molecule has 0 aliphatic heterocycles. The Morgan fingerprint density at radius 3 is 2.57 bits per heavy atom. The molecule has 0 atom stereocenters. The fraction of sp³-hybridized carbons (Fsp3) is 0.588. The first-order chi connectivity index (χ1) is 10.8. The van der Waals surface area contributed by atoms with Gasteiger partial charge in [-0.2, -0.15) is 0 Å². The molecule has 0 bridgehead atoms. The van der Waals surface area contributed by atoms with Gasteiger partial charge in [0.15, 0.2) is 5.96 Å². The van der Waals surface area contributed by atoms with Gasteiger partial charge in [-0.1, -0.05) is 23.7 Å². The minimum atomic E-state index is 0. The maximum atomic E-state index is 5.88. The number of nitrogens with one attached hydrogen (secondary N) is 2. The van der Waals surface area contributed by atoms with Crippen molar-refractivity contribution >= 4 is 41.5 Å². The Bertz CT molecular complexity index is 463. The van der Waals surface area contributed by atoms with Crippen LogP contribution < -0.4 is 10.6 Å². The maximum absolute atomic E-state index is 5.88. The monoisotopic (exact) mass is 451 g/mol. The highest BCUT2D eigenvalue weighted by atomic mass is 127. The first-order valence-corrected chi connectivity index (χ1v) is 8.42. The first kappa shape index (κ1) is 20.5. The van der Waals surface area contributed by atoms with E-state index in [-0.39, 0.29) is 24.0 Å². The summed E-state index contributed by atoms with van der Waals surface area (Å²) in [5, 5.41) is 7.40. The van der Waals surface area contributed by atoms with Crippen molar-refractivity contribution in [2.45, 2.75) is 25.7 Å². The number of rotatable bonds is 9. The third-order valence-electron chi connectivity index (χ3n) is 3.65. The van der Waals surface area contributed by atoms with E-state index in [0.29, 0.717) is 0 Å². The minimum Gasteiger partial charge on any atom is -0.381 e. The van der Waals surface area contributed by atoms with Crippen LogP contribution in [0.1, 0.15) is 24.8 Å². The number of hydrogen-bond acceptors (Lipinski definition) is 2. The summed E-state index contributed by atoms with van der Waals surface area (Å²) in [4.78, 5) is 4.22. The van der Waals surface area contributed by atoms with Crippen LogP contribution in [-0.2, 0) is 11.2 Å². The molecule has 0 aromatic heterocycles. The van der Waals surface area contributed by atoms with E-state index >= 15 is 0 Å². The summed E-state index contributed by atoms with van der Waals surface area (Å²) in [7, 11) is 1.79. The van der Waals surface area contributed by atoms with Gasteiger partial charge in [0.1, 0.15) is 0 Å². The van der Waals surface area contributed by atoms with Crippen LogP contribution in [0, 0.1) is 5.92 Å². The SMILES string of the molecule is CN=C(NCCCOCC1CC1)NCCc1ccc(Cl)cc1.I. The molecular formula is C17H27ClIN3O. The number of aliphatic imine (C=N–C) groups is 1. The van der Waals surface area contributed by atoms with Crippen LogP contribution in [-0.4, -0.2) is 39.3 Å². The molecule has 1 saturated carbocycles. The van der Waals surface area contributed by atoms with Gasteiger partial charge in [-0.3, -0.25) is 4.99 Å². The third kappa shape index (κ3) is 9.37. The Morgan fingerprint density at radius 1 is 1.22 bits per heavy atom. The zero-order valence-corrected chi connectivity index (χ0v) is 16.8. The van der Waals surface area contributed by atoms with E-state index in [9.17, 15) is 0 Å². The maximum Gasteiger partial charge on any atom is 0.190 e. The fourth-order valence-electron chi connectivity index (χ4n) is 2.11. The topological polar surface area (TPSA) is 45.7 Å². The Labute approximate surface area is 161 Å². The van der Waals surface area contributed by atoms with Crippen LogP contribution in [0.15, 0.2) is 29.3 Å². The molecule has 2 rings (SSSR count).